The molecular formula is C13H19O2. The number of hydrogen-bond acceptors (Lipinski definition) is 2. The van der Waals surface area contributed by atoms with Gasteiger partial charge in [0.15, 0.2) is 0 Å². The van der Waals surface area contributed by atoms with E-state index in [1.54, 1.807) is 7.11 Å². The first-order valence-corrected chi connectivity index (χ1v) is 5.33. The van der Waals surface area contributed by atoms with Gasteiger partial charge in [-0.05, 0) is 30.5 Å². The zero-order valence-corrected chi connectivity index (χ0v) is 9.49. The molecule has 2 nitrogen and oxygen atoms in total. The predicted octanol–water partition coefficient (Wildman–Crippen LogP) is 2.56. The second kappa shape index (κ2) is 5.76. The highest BCUT2D eigenvalue weighted by molar-refractivity contribution is 5.39. The molecule has 0 aliphatic carbocycles. The minimum atomic E-state index is -0.0745. The van der Waals surface area contributed by atoms with Crippen LogP contribution in [0.15, 0.2) is 18.2 Å². The summed E-state index contributed by atoms with van der Waals surface area (Å²) in [6.07, 6.45) is 2.12. The summed E-state index contributed by atoms with van der Waals surface area (Å²) in [5.74, 6) is 0.825. The third kappa shape index (κ3) is 2.96. The monoisotopic (exact) mass is 207 g/mol. The molecule has 0 aliphatic rings. The van der Waals surface area contributed by atoms with E-state index in [1.165, 1.54) is 5.56 Å². The van der Waals surface area contributed by atoms with E-state index in [1.807, 2.05) is 12.1 Å². The van der Waals surface area contributed by atoms with Gasteiger partial charge >= 0.3 is 0 Å². The van der Waals surface area contributed by atoms with E-state index in [0.29, 0.717) is 0 Å². The van der Waals surface area contributed by atoms with Crippen LogP contribution in [0.2, 0.25) is 0 Å². The van der Waals surface area contributed by atoms with Crippen molar-refractivity contribution in [3.63, 3.8) is 0 Å². The molecule has 1 rings (SSSR count). The van der Waals surface area contributed by atoms with Crippen molar-refractivity contribution >= 4 is 0 Å². The van der Waals surface area contributed by atoms with Crippen LogP contribution in [-0.2, 0) is 6.42 Å². The molecule has 0 aliphatic heterocycles. The molecule has 83 valence electrons. The molecule has 0 saturated heterocycles. The molecule has 0 heterocycles. The van der Waals surface area contributed by atoms with E-state index in [2.05, 4.69) is 19.9 Å². The molecule has 1 N–H and O–H groups in total. The summed E-state index contributed by atoms with van der Waals surface area (Å²) in [6.45, 7) is 6.08. The van der Waals surface area contributed by atoms with Crippen LogP contribution in [0.4, 0.5) is 0 Å². The first-order chi connectivity index (χ1) is 7.22. The predicted molar refractivity (Wildman–Crippen MR) is 62.2 cm³/mol. The molecule has 1 atom stereocenters. The maximum Gasteiger partial charge on any atom is 0.122 e. The molecular weight excluding hydrogens is 188 g/mol. The highest BCUT2D eigenvalue weighted by atomic mass is 16.5. The fourth-order valence-electron chi connectivity index (χ4n) is 1.60. The maximum absolute atomic E-state index is 9.02. The van der Waals surface area contributed by atoms with Crippen LogP contribution in [0.25, 0.3) is 0 Å². The van der Waals surface area contributed by atoms with Crippen molar-refractivity contribution in [3.8, 4) is 5.75 Å². The van der Waals surface area contributed by atoms with E-state index in [0.717, 1.165) is 24.2 Å². The lowest BCUT2D eigenvalue weighted by Crippen LogP contribution is -2.01. The van der Waals surface area contributed by atoms with Crippen LogP contribution in [0.5, 0.6) is 5.75 Å². The lowest BCUT2D eigenvalue weighted by atomic mass is 9.98. The number of hydrogen-bond donors (Lipinski definition) is 1. The van der Waals surface area contributed by atoms with Crippen molar-refractivity contribution < 1.29 is 9.84 Å². The standard InChI is InChI=1S/C13H19O2/c1-4-5-11-6-7-12(10(2)9-14)8-13(11)15-3/h6-8,10,14H,2,4-5,9H2,1,3H3. The van der Waals surface area contributed by atoms with Crippen molar-refractivity contribution in [2.24, 2.45) is 0 Å². The Bertz CT molecular complexity index is 307. The Morgan fingerprint density at radius 3 is 2.73 bits per heavy atom. The first-order valence-electron chi connectivity index (χ1n) is 5.33. The van der Waals surface area contributed by atoms with Gasteiger partial charge in [0, 0.05) is 12.5 Å². The zero-order chi connectivity index (χ0) is 11.3. The molecule has 0 bridgehead atoms. The van der Waals surface area contributed by atoms with Gasteiger partial charge < -0.3 is 9.84 Å². The molecule has 0 aromatic heterocycles. The average molecular weight is 207 g/mol. The van der Waals surface area contributed by atoms with Crippen molar-refractivity contribution in [1.29, 1.82) is 0 Å². The Balaban J connectivity index is 2.96. The number of rotatable bonds is 5. The second-order valence-electron chi connectivity index (χ2n) is 3.70. The van der Waals surface area contributed by atoms with E-state index in [-0.39, 0.29) is 12.5 Å². The lowest BCUT2D eigenvalue weighted by molar-refractivity contribution is 0.282. The van der Waals surface area contributed by atoms with Gasteiger partial charge in [0.2, 0.25) is 0 Å². The summed E-state index contributed by atoms with van der Waals surface area (Å²) in [5, 5.41) is 9.02. The first kappa shape index (κ1) is 12.1. The van der Waals surface area contributed by atoms with Gasteiger partial charge in [0.25, 0.3) is 0 Å². The number of aryl methyl sites for hydroxylation is 1. The van der Waals surface area contributed by atoms with E-state index >= 15 is 0 Å². The molecule has 1 unspecified atom stereocenters. The Morgan fingerprint density at radius 1 is 1.47 bits per heavy atom. The van der Waals surface area contributed by atoms with Gasteiger partial charge in [0.05, 0.1) is 7.11 Å². The van der Waals surface area contributed by atoms with Crippen LogP contribution in [-0.4, -0.2) is 18.8 Å². The molecule has 15 heavy (non-hydrogen) atoms. The van der Waals surface area contributed by atoms with Crippen molar-refractivity contribution in [2.45, 2.75) is 25.7 Å². The summed E-state index contributed by atoms with van der Waals surface area (Å²) < 4.78 is 5.32. The van der Waals surface area contributed by atoms with Gasteiger partial charge in [0.1, 0.15) is 5.75 Å². The van der Waals surface area contributed by atoms with Crippen LogP contribution >= 0.6 is 0 Å². The van der Waals surface area contributed by atoms with E-state index < -0.39 is 0 Å². The summed E-state index contributed by atoms with van der Waals surface area (Å²) in [6, 6.07) is 6.05. The molecule has 0 saturated carbocycles. The Morgan fingerprint density at radius 2 is 2.20 bits per heavy atom. The lowest BCUT2D eigenvalue weighted by Gasteiger charge is -2.13. The van der Waals surface area contributed by atoms with Crippen molar-refractivity contribution in [2.75, 3.05) is 13.7 Å². The number of aliphatic hydroxyl groups is 1. The van der Waals surface area contributed by atoms with Gasteiger partial charge in [-0.25, -0.2) is 0 Å². The summed E-state index contributed by atoms with van der Waals surface area (Å²) in [4.78, 5) is 0. The Kier molecular flexibility index (Phi) is 4.63. The fourth-order valence-corrected chi connectivity index (χ4v) is 1.60. The molecule has 0 amide bonds. The molecule has 1 radical (unpaired) electrons. The minimum absolute atomic E-state index is 0.0658. The number of ether oxygens (including phenoxy) is 1. The highest BCUT2D eigenvalue weighted by Gasteiger charge is 2.08. The van der Waals surface area contributed by atoms with E-state index in [9.17, 15) is 0 Å². The van der Waals surface area contributed by atoms with Crippen LogP contribution in [0.1, 0.15) is 30.4 Å². The van der Waals surface area contributed by atoms with Crippen LogP contribution in [0, 0.1) is 6.92 Å². The smallest absolute Gasteiger partial charge is 0.122 e. The molecule has 0 fully saturated rings. The van der Waals surface area contributed by atoms with Gasteiger partial charge in [-0.3, -0.25) is 0 Å². The number of methoxy groups -OCH3 is 1. The van der Waals surface area contributed by atoms with Crippen LogP contribution < -0.4 is 4.74 Å². The minimum Gasteiger partial charge on any atom is -0.496 e. The summed E-state index contributed by atoms with van der Waals surface area (Å²) in [7, 11) is 1.68. The SMILES string of the molecule is [CH2]C(CO)c1ccc(CCC)c(OC)c1. The third-order valence-electron chi connectivity index (χ3n) is 2.52. The van der Waals surface area contributed by atoms with Gasteiger partial charge in [-0.1, -0.05) is 25.5 Å². The Hall–Kier alpha value is -1.02. The third-order valence-corrected chi connectivity index (χ3v) is 2.52. The van der Waals surface area contributed by atoms with Crippen molar-refractivity contribution in [1.82, 2.24) is 0 Å². The van der Waals surface area contributed by atoms with Crippen molar-refractivity contribution in [3.05, 3.63) is 36.2 Å². The molecule has 2 heteroatoms. The fraction of sp³-hybridized carbons (Fsp3) is 0.462. The molecule has 0 spiro atoms. The maximum atomic E-state index is 9.02. The molecule has 1 aromatic carbocycles. The highest BCUT2D eigenvalue weighted by Crippen LogP contribution is 2.25. The molecule has 1 aromatic rings. The number of benzene rings is 1. The van der Waals surface area contributed by atoms with Gasteiger partial charge in [-0.15, -0.1) is 0 Å². The van der Waals surface area contributed by atoms with E-state index in [4.69, 9.17) is 9.84 Å². The summed E-state index contributed by atoms with van der Waals surface area (Å²) in [5.41, 5.74) is 2.24. The second-order valence-corrected chi connectivity index (χ2v) is 3.70. The zero-order valence-electron chi connectivity index (χ0n) is 9.49. The topological polar surface area (TPSA) is 29.5 Å². The number of aliphatic hydroxyl groups excluding tert-OH is 1. The van der Waals surface area contributed by atoms with Gasteiger partial charge in [-0.2, -0.15) is 0 Å². The quantitative estimate of drug-likeness (QED) is 0.804. The normalized spacial score (nSPS) is 12.5. The summed E-state index contributed by atoms with van der Waals surface area (Å²) >= 11 is 0. The average Bonchev–Trinajstić information content (AvgIpc) is 2.29. The largest absolute Gasteiger partial charge is 0.496 e. The Labute approximate surface area is 91.9 Å². The van der Waals surface area contributed by atoms with Crippen LogP contribution in [0.3, 0.4) is 0 Å².